The number of carbonyl (C=O) groups excluding carboxylic acids is 2. The second-order valence-corrected chi connectivity index (χ2v) is 7.24. The molecule has 5 heteroatoms. The van der Waals surface area contributed by atoms with Crippen LogP contribution in [0.15, 0.2) is 23.0 Å². The summed E-state index contributed by atoms with van der Waals surface area (Å²) in [6.07, 6.45) is 11.9. The number of nitrogens with zero attached hydrogens (tertiary/aromatic N) is 1. The first-order valence-electron chi connectivity index (χ1n) is 9.30. The molecule has 1 saturated heterocycles. The van der Waals surface area contributed by atoms with Crippen molar-refractivity contribution >= 4 is 11.8 Å². The van der Waals surface area contributed by atoms with Crippen molar-refractivity contribution in [3.8, 4) is 0 Å². The van der Waals surface area contributed by atoms with Gasteiger partial charge < -0.3 is 14.6 Å². The van der Waals surface area contributed by atoms with Crippen molar-refractivity contribution in [1.82, 2.24) is 10.2 Å². The summed E-state index contributed by atoms with van der Waals surface area (Å²) in [5, 5.41) is 3.09. The van der Waals surface area contributed by atoms with Gasteiger partial charge in [-0.05, 0) is 37.2 Å². The van der Waals surface area contributed by atoms with E-state index in [0.29, 0.717) is 17.9 Å². The molecule has 5 nitrogen and oxygen atoms in total. The van der Waals surface area contributed by atoms with Crippen LogP contribution in [-0.4, -0.2) is 36.3 Å². The standard InChI is InChI=1S/C19H28N2O3/c22-18(6-5-15-3-1-2-4-15)20-13-16-7-10-21(11-8-16)19(23)17-9-12-24-14-17/h9,12,14-16H,1-8,10-11,13H2,(H,20,22). The van der Waals surface area contributed by atoms with E-state index in [1.807, 2.05) is 4.90 Å². The number of nitrogens with one attached hydrogen (secondary N) is 1. The number of hydrogen-bond donors (Lipinski definition) is 1. The van der Waals surface area contributed by atoms with Crippen LogP contribution in [0, 0.1) is 11.8 Å². The molecule has 1 saturated carbocycles. The van der Waals surface area contributed by atoms with Gasteiger partial charge in [-0.1, -0.05) is 25.7 Å². The van der Waals surface area contributed by atoms with E-state index in [-0.39, 0.29) is 11.8 Å². The summed E-state index contributed by atoms with van der Waals surface area (Å²) in [5.74, 6) is 1.49. The fourth-order valence-electron chi connectivity index (χ4n) is 3.89. The summed E-state index contributed by atoms with van der Waals surface area (Å²) in [4.78, 5) is 26.1. The molecule has 1 aromatic heterocycles. The van der Waals surface area contributed by atoms with Gasteiger partial charge in [0.1, 0.15) is 6.26 Å². The Kier molecular flexibility index (Phi) is 5.94. The zero-order chi connectivity index (χ0) is 16.8. The Labute approximate surface area is 143 Å². The van der Waals surface area contributed by atoms with Crippen LogP contribution in [0.25, 0.3) is 0 Å². The van der Waals surface area contributed by atoms with Crippen LogP contribution in [-0.2, 0) is 4.79 Å². The lowest BCUT2D eigenvalue weighted by atomic mass is 9.96. The van der Waals surface area contributed by atoms with Crippen LogP contribution < -0.4 is 5.32 Å². The van der Waals surface area contributed by atoms with E-state index in [1.54, 1.807) is 6.07 Å². The second kappa shape index (κ2) is 8.36. The average molecular weight is 332 g/mol. The third-order valence-corrected chi connectivity index (χ3v) is 5.51. The number of hydrogen-bond acceptors (Lipinski definition) is 3. The Hall–Kier alpha value is -1.78. The minimum atomic E-state index is 0.0443. The molecule has 132 valence electrons. The van der Waals surface area contributed by atoms with E-state index in [1.165, 1.54) is 38.2 Å². The quantitative estimate of drug-likeness (QED) is 0.870. The maximum Gasteiger partial charge on any atom is 0.257 e. The van der Waals surface area contributed by atoms with E-state index < -0.39 is 0 Å². The van der Waals surface area contributed by atoms with Gasteiger partial charge in [0.2, 0.25) is 5.91 Å². The molecule has 3 rings (SSSR count). The Morgan fingerprint density at radius 1 is 1.12 bits per heavy atom. The topological polar surface area (TPSA) is 62.6 Å². The van der Waals surface area contributed by atoms with Crippen LogP contribution in [0.4, 0.5) is 0 Å². The summed E-state index contributed by atoms with van der Waals surface area (Å²) >= 11 is 0. The monoisotopic (exact) mass is 332 g/mol. The molecular weight excluding hydrogens is 304 g/mol. The van der Waals surface area contributed by atoms with Gasteiger partial charge in [0.25, 0.3) is 5.91 Å². The van der Waals surface area contributed by atoms with Gasteiger partial charge in [-0.15, -0.1) is 0 Å². The number of furan rings is 1. The molecule has 0 bridgehead atoms. The minimum absolute atomic E-state index is 0.0443. The van der Waals surface area contributed by atoms with Crippen LogP contribution in [0.5, 0.6) is 0 Å². The lowest BCUT2D eigenvalue weighted by molar-refractivity contribution is -0.121. The molecule has 0 unspecified atom stereocenters. The van der Waals surface area contributed by atoms with Gasteiger partial charge in [0.15, 0.2) is 0 Å². The first kappa shape index (κ1) is 17.1. The zero-order valence-corrected chi connectivity index (χ0v) is 14.3. The largest absolute Gasteiger partial charge is 0.472 e. The lowest BCUT2D eigenvalue weighted by Crippen LogP contribution is -2.41. The molecule has 2 amide bonds. The van der Waals surface area contributed by atoms with Crippen molar-refractivity contribution in [2.45, 2.75) is 51.4 Å². The zero-order valence-electron chi connectivity index (χ0n) is 14.3. The first-order valence-corrected chi connectivity index (χ1v) is 9.30. The molecule has 1 aromatic rings. The van der Waals surface area contributed by atoms with E-state index in [2.05, 4.69) is 5.32 Å². The highest BCUT2D eigenvalue weighted by molar-refractivity contribution is 5.93. The van der Waals surface area contributed by atoms with Crippen molar-refractivity contribution in [2.75, 3.05) is 19.6 Å². The van der Waals surface area contributed by atoms with E-state index in [4.69, 9.17) is 4.42 Å². The van der Waals surface area contributed by atoms with Crippen LogP contribution in [0.1, 0.15) is 61.7 Å². The Bertz CT molecular complexity index is 527. The van der Waals surface area contributed by atoms with Crippen molar-refractivity contribution in [2.24, 2.45) is 11.8 Å². The molecule has 1 aliphatic heterocycles. The molecule has 2 aliphatic rings. The highest BCUT2D eigenvalue weighted by atomic mass is 16.3. The molecule has 1 N–H and O–H groups in total. The molecule has 0 spiro atoms. The fourth-order valence-corrected chi connectivity index (χ4v) is 3.89. The number of carbonyl (C=O) groups is 2. The summed E-state index contributed by atoms with van der Waals surface area (Å²) in [6.45, 7) is 2.26. The molecule has 2 heterocycles. The normalized spacial score (nSPS) is 19.6. The van der Waals surface area contributed by atoms with E-state index in [9.17, 15) is 9.59 Å². The highest BCUT2D eigenvalue weighted by Crippen LogP contribution is 2.28. The number of piperidine rings is 1. The fraction of sp³-hybridized carbons (Fsp3) is 0.684. The molecule has 0 aromatic carbocycles. The molecule has 2 fully saturated rings. The first-order chi connectivity index (χ1) is 11.7. The van der Waals surface area contributed by atoms with Crippen molar-refractivity contribution < 1.29 is 14.0 Å². The van der Waals surface area contributed by atoms with E-state index in [0.717, 1.165) is 44.8 Å². The maximum absolute atomic E-state index is 12.2. The van der Waals surface area contributed by atoms with Gasteiger partial charge in [-0.2, -0.15) is 0 Å². The average Bonchev–Trinajstić information content (AvgIpc) is 3.31. The highest BCUT2D eigenvalue weighted by Gasteiger charge is 2.24. The van der Waals surface area contributed by atoms with Gasteiger partial charge in [0, 0.05) is 26.1 Å². The predicted octanol–water partition coefficient (Wildman–Crippen LogP) is 3.22. The Morgan fingerprint density at radius 2 is 1.88 bits per heavy atom. The van der Waals surface area contributed by atoms with Crippen LogP contribution in [0.2, 0.25) is 0 Å². The molecule has 1 aliphatic carbocycles. The number of rotatable bonds is 6. The smallest absolute Gasteiger partial charge is 0.257 e. The second-order valence-electron chi connectivity index (χ2n) is 7.24. The Balaban J connectivity index is 1.32. The van der Waals surface area contributed by atoms with Gasteiger partial charge >= 0.3 is 0 Å². The summed E-state index contributed by atoms with van der Waals surface area (Å²) in [5.41, 5.74) is 0.619. The molecular formula is C19H28N2O3. The number of likely N-dealkylation sites (tertiary alicyclic amines) is 1. The van der Waals surface area contributed by atoms with Gasteiger partial charge in [-0.25, -0.2) is 0 Å². The van der Waals surface area contributed by atoms with Gasteiger partial charge in [0.05, 0.1) is 11.8 Å². The maximum atomic E-state index is 12.2. The van der Waals surface area contributed by atoms with E-state index >= 15 is 0 Å². The summed E-state index contributed by atoms with van der Waals surface area (Å²) in [7, 11) is 0. The van der Waals surface area contributed by atoms with Crippen LogP contribution >= 0.6 is 0 Å². The number of amides is 2. The summed E-state index contributed by atoms with van der Waals surface area (Å²) in [6, 6.07) is 1.71. The molecule has 24 heavy (non-hydrogen) atoms. The SMILES string of the molecule is O=C(CCC1CCCC1)NCC1CCN(C(=O)c2ccoc2)CC1. The molecule has 0 radical (unpaired) electrons. The Morgan fingerprint density at radius 3 is 2.54 bits per heavy atom. The van der Waals surface area contributed by atoms with Crippen molar-refractivity contribution in [3.63, 3.8) is 0 Å². The van der Waals surface area contributed by atoms with Crippen molar-refractivity contribution in [3.05, 3.63) is 24.2 Å². The van der Waals surface area contributed by atoms with Crippen LogP contribution in [0.3, 0.4) is 0 Å². The van der Waals surface area contributed by atoms with Gasteiger partial charge in [-0.3, -0.25) is 9.59 Å². The third-order valence-electron chi connectivity index (χ3n) is 5.51. The third kappa shape index (κ3) is 4.62. The predicted molar refractivity (Wildman–Crippen MR) is 91.5 cm³/mol. The lowest BCUT2D eigenvalue weighted by Gasteiger charge is -2.31. The molecule has 0 atom stereocenters. The minimum Gasteiger partial charge on any atom is -0.472 e. The summed E-state index contributed by atoms with van der Waals surface area (Å²) < 4.78 is 4.98. The van der Waals surface area contributed by atoms with Crippen molar-refractivity contribution in [1.29, 1.82) is 0 Å².